The second kappa shape index (κ2) is 6.92. The number of ether oxygens (including phenoxy) is 1. The van der Waals surface area contributed by atoms with E-state index in [-0.39, 0.29) is 17.9 Å². The lowest BCUT2D eigenvalue weighted by Gasteiger charge is -2.31. The largest absolute Gasteiger partial charge is 0.481 e. The summed E-state index contributed by atoms with van der Waals surface area (Å²) in [7, 11) is 3.18. The molecule has 1 aromatic heterocycles. The first-order valence-corrected chi connectivity index (χ1v) is 6.91. The number of nitrogens with one attached hydrogen (secondary N) is 2. The Morgan fingerprint density at radius 2 is 2.05 bits per heavy atom. The number of nitrogens with zero attached hydrogens (tertiary/aromatic N) is 2. The number of piperidine rings is 1. The number of anilines is 1. The van der Waals surface area contributed by atoms with Crippen LogP contribution in [0.5, 0.6) is 5.88 Å². The van der Waals surface area contributed by atoms with Crippen molar-refractivity contribution in [2.24, 2.45) is 5.92 Å². The maximum Gasteiger partial charge on any atom is 0.321 e. The van der Waals surface area contributed by atoms with Crippen LogP contribution in [-0.4, -0.2) is 49.1 Å². The van der Waals surface area contributed by atoms with Gasteiger partial charge in [-0.15, -0.1) is 0 Å². The van der Waals surface area contributed by atoms with Crippen molar-refractivity contribution in [2.75, 3.05) is 32.6 Å². The summed E-state index contributed by atoms with van der Waals surface area (Å²) in [6.07, 6.45) is 2.93. The maximum absolute atomic E-state index is 12.1. The van der Waals surface area contributed by atoms with Crippen molar-refractivity contribution in [2.45, 2.75) is 12.8 Å². The predicted molar refractivity (Wildman–Crippen MR) is 78.2 cm³/mol. The van der Waals surface area contributed by atoms with Gasteiger partial charge in [0.05, 0.1) is 19.0 Å². The minimum absolute atomic E-state index is 0.00158. The molecule has 0 unspecified atom stereocenters. The van der Waals surface area contributed by atoms with E-state index in [9.17, 15) is 9.59 Å². The van der Waals surface area contributed by atoms with E-state index in [1.54, 1.807) is 30.3 Å². The van der Waals surface area contributed by atoms with Crippen LogP contribution in [0.15, 0.2) is 18.3 Å². The number of likely N-dealkylation sites (tertiary alicyclic amines) is 1. The summed E-state index contributed by atoms with van der Waals surface area (Å²) in [6.45, 7) is 1.15. The van der Waals surface area contributed by atoms with Gasteiger partial charge in [-0.1, -0.05) is 0 Å². The van der Waals surface area contributed by atoms with E-state index in [4.69, 9.17) is 4.74 Å². The summed E-state index contributed by atoms with van der Waals surface area (Å²) in [5.74, 6) is 0.551. The standard InChI is InChI=1S/C14H20N4O3/c1-15-13(19)10-5-7-18(8-6-10)14(20)17-11-3-4-12(21-2)16-9-11/h3-4,9-10H,5-8H2,1-2H3,(H,15,19)(H,17,20). The molecule has 0 aromatic carbocycles. The fourth-order valence-electron chi connectivity index (χ4n) is 2.33. The third-order valence-electron chi connectivity index (χ3n) is 3.60. The van der Waals surface area contributed by atoms with Gasteiger partial charge in [0.25, 0.3) is 0 Å². The van der Waals surface area contributed by atoms with E-state index in [2.05, 4.69) is 15.6 Å². The van der Waals surface area contributed by atoms with Gasteiger partial charge in [0, 0.05) is 32.1 Å². The van der Waals surface area contributed by atoms with Crippen molar-refractivity contribution < 1.29 is 14.3 Å². The molecule has 2 heterocycles. The van der Waals surface area contributed by atoms with E-state index in [1.807, 2.05) is 0 Å². The fraction of sp³-hybridized carbons (Fsp3) is 0.500. The molecule has 2 N–H and O–H groups in total. The Morgan fingerprint density at radius 3 is 2.57 bits per heavy atom. The summed E-state index contributed by atoms with van der Waals surface area (Å²) in [6, 6.07) is 3.26. The van der Waals surface area contributed by atoms with Crippen LogP contribution in [0.4, 0.5) is 10.5 Å². The molecule has 0 atom stereocenters. The molecule has 1 saturated heterocycles. The topological polar surface area (TPSA) is 83.6 Å². The molecule has 7 nitrogen and oxygen atoms in total. The first-order chi connectivity index (χ1) is 10.1. The number of carbonyl (C=O) groups excluding carboxylic acids is 2. The fourth-order valence-corrected chi connectivity index (χ4v) is 2.33. The average molecular weight is 292 g/mol. The van der Waals surface area contributed by atoms with Crippen LogP contribution >= 0.6 is 0 Å². The molecule has 1 aromatic rings. The monoisotopic (exact) mass is 292 g/mol. The van der Waals surface area contributed by atoms with Gasteiger partial charge in [0.15, 0.2) is 0 Å². The number of aromatic nitrogens is 1. The third-order valence-corrected chi connectivity index (χ3v) is 3.60. The van der Waals surface area contributed by atoms with Gasteiger partial charge in [-0.05, 0) is 18.9 Å². The predicted octanol–water partition coefficient (Wildman–Crippen LogP) is 1.08. The Bertz CT molecular complexity index is 495. The van der Waals surface area contributed by atoms with E-state index in [1.165, 1.54) is 7.11 Å². The molecule has 0 bridgehead atoms. The summed E-state index contributed by atoms with van der Waals surface area (Å²) in [5, 5.41) is 5.44. The molecule has 1 aliphatic heterocycles. The normalized spacial score (nSPS) is 15.4. The highest BCUT2D eigenvalue weighted by Crippen LogP contribution is 2.18. The highest BCUT2D eigenvalue weighted by Gasteiger charge is 2.26. The molecular formula is C14H20N4O3. The Morgan fingerprint density at radius 1 is 1.33 bits per heavy atom. The van der Waals surface area contributed by atoms with Crippen LogP contribution in [0.2, 0.25) is 0 Å². The van der Waals surface area contributed by atoms with Crippen molar-refractivity contribution >= 4 is 17.6 Å². The van der Waals surface area contributed by atoms with Crippen molar-refractivity contribution in [1.82, 2.24) is 15.2 Å². The number of hydrogen-bond donors (Lipinski definition) is 2. The Kier molecular flexibility index (Phi) is 4.97. The zero-order chi connectivity index (χ0) is 15.2. The SMILES string of the molecule is CNC(=O)C1CCN(C(=O)Nc2ccc(OC)nc2)CC1. The lowest BCUT2D eigenvalue weighted by atomic mass is 9.96. The molecule has 2 rings (SSSR count). The van der Waals surface area contributed by atoms with E-state index < -0.39 is 0 Å². The summed E-state index contributed by atoms with van der Waals surface area (Å²) in [4.78, 5) is 29.4. The van der Waals surface area contributed by atoms with Crippen LogP contribution in [0, 0.1) is 5.92 Å². The van der Waals surface area contributed by atoms with Gasteiger partial charge >= 0.3 is 6.03 Å². The molecule has 21 heavy (non-hydrogen) atoms. The number of urea groups is 1. The Balaban J connectivity index is 1.85. The minimum Gasteiger partial charge on any atom is -0.481 e. The number of amides is 3. The molecule has 1 aliphatic rings. The summed E-state index contributed by atoms with van der Waals surface area (Å²) < 4.78 is 4.96. The summed E-state index contributed by atoms with van der Waals surface area (Å²) in [5.41, 5.74) is 0.620. The lowest BCUT2D eigenvalue weighted by molar-refractivity contribution is -0.125. The number of hydrogen-bond acceptors (Lipinski definition) is 4. The first kappa shape index (κ1) is 15.1. The van der Waals surface area contributed by atoms with Gasteiger partial charge < -0.3 is 20.3 Å². The van der Waals surface area contributed by atoms with Crippen LogP contribution in [0.3, 0.4) is 0 Å². The number of carbonyl (C=O) groups is 2. The molecule has 0 saturated carbocycles. The Labute approximate surface area is 123 Å². The molecular weight excluding hydrogens is 272 g/mol. The lowest BCUT2D eigenvalue weighted by Crippen LogP contribution is -2.44. The van der Waals surface area contributed by atoms with Crippen molar-refractivity contribution in [1.29, 1.82) is 0 Å². The minimum atomic E-state index is -0.169. The average Bonchev–Trinajstić information content (AvgIpc) is 2.55. The number of pyridine rings is 1. The van der Waals surface area contributed by atoms with Crippen LogP contribution in [-0.2, 0) is 4.79 Å². The van der Waals surface area contributed by atoms with E-state index in [0.29, 0.717) is 37.5 Å². The molecule has 0 radical (unpaired) electrons. The molecule has 114 valence electrons. The van der Waals surface area contributed by atoms with Crippen LogP contribution in [0.1, 0.15) is 12.8 Å². The van der Waals surface area contributed by atoms with Gasteiger partial charge in [0.2, 0.25) is 11.8 Å². The zero-order valence-electron chi connectivity index (χ0n) is 12.3. The first-order valence-electron chi connectivity index (χ1n) is 6.91. The number of rotatable bonds is 3. The highest BCUT2D eigenvalue weighted by molar-refractivity contribution is 5.89. The van der Waals surface area contributed by atoms with Crippen LogP contribution in [0.25, 0.3) is 0 Å². The third kappa shape index (κ3) is 3.84. The summed E-state index contributed by atoms with van der Waals surface area (Å²) >= 11 is 0. The second-order valence-electron chi connectivity index (χ2n) is 4.89. The van der Waals surface area contributed by atoms with Gasteiger partial charge in [0.1, 0.15) is 0 Å². The zero-order valence-corrected chi connectivity index (χ0v) is 12.3. The molecule has 0 aliphatic carbocycles. The van der Waals surface area contributed by atoms with Gasteiger partial charge in [-0.3, -0.25) is 4.79 Å². The molecule has 0 spiro atoms. The molecule has 1 fully saturated rings. The van der Waals surface area contributed by atoms with Crippen molar-refractivity contribution in [3.05, 3.63) is 18.3 Å². The van der Waals surface area contributed by atoms with Crippen molar-refractivity contribution in [3.8, 4) is 5.88 Å². The smallest absolute Gasteiger partial charge is 0.321 e. The molecule has 3 amide bonds. The quantitative estimate of drug-likeness (QED) is 0.873. The van der Waals surface area contributed by atoms with Gasteiger partial charge in [-0.25, -0.2) is 9.78 Å². The Hall–Kier alpha value is -2.31. The van der Waals surface area contributed by atoms with Crippen LogP contribution < -0.4 is 15.4 Å². The highest BCUT2D eigenvalue weighted by atomic mass is 16.5. The molecule has 7 heteroatoms. The van der Waals surface area contributed by atoms with Crippen molar-refractivity contribution in [3.63, 3.8) is 0 Å². The van der Waals surface area contributed by atoms with E-state index in [0.717, 1.165) is 0 Å². The maximum atomic E-state index is 12.1. The van der Waals surface area contributed by atoms with Gasteiger partial charge in [-0.2, -0.15) is 0 Å². The second-order valence-corrected chi connectivity index (χ2v) is 4.89. The van der Waals surface area contributed by atoms with E-state index >= 15 is 0 Å². The number of methoxy groups -OCH3 is 1.